The van der Waals surface area contributed by atoms with Crippen molar-refractivity contribution in [1.29, 1.82) is 0 Å². The maximum Gasteiger partial charge on any atom is 0.332 e. The highest BCUT2D eigenvalue weighted by molar-refractivity contribution is 7.91. The van der Waals surface area contributed by atoms with Crippen molar-refractivity contribution in [1.82, 2.24) is 18.7 Å². The second-order valence-electron chi connectivity index (χ2n) is 10.1. The van der Waals surface area contributed by atoms with Crippen molar-refractivity contribution in [3.63, 3.8) is 0 Å². The molecule has 1 aliphatic rings. The summed E-state index contributed by atoms with van der Waals surface area (Å²) >= 11 is 12.7. The van der Waals surface area contributed by atoms with Crippen LogP contribution in [0.3, 0.4) is 0 Å². The molecule has 13 heteroatoms. The fraction of sp³-hybridized carbons (Fsp3) is 0.333. The minimum absolute atomic E-state index is 0.0258. The molecule has 5 rings (SSSR count). The first-order valence-electron chi connectivity index (χ1n) is 12.7. The molecule has 0 radical (unpaired) electrons. The number of primary amides is 1. The van der Waals surface area contributed by atoms with E-state index in [1.807, 2.05) is 0 Å². The number of hydrogen-bond donors (Lipinski definition) is 1. The third-order valence-electron chi connectivity index (χ3n) is 7.28. The van der Waals surface area contributed by atoms with Gasteiger partial charge in [-0.3, -0.25) is 23.3 Å². The third kappa shape index (κ3) is 5.33. The highest BCUT2D eigenvalue weighted by atomic mass is 35.5. The summed E-state index contributed by atoms with van der Waals surface area (Å²) in [7, 11) is -3.12. The normalized spacial score (nSPS) is 16.3. The van der Waals surface area contributed by atoms with Gasteiger partial charge in [-0.2, -0.15) is 0 Å². The quantitative estimate of drug-likeness (QED) is 0.344. The lowest BCUT2D eigenvalue weighted by Crippen LogP contribution is -2.44. The lowest BCUT2D eigenvalue weighted by molar-refractivity contribution is -0.121. The minimum Gasteiger partial charge on any atom is -0.369 e. The molecule has 1 fully saturated rings. The minimum atomic E-state index is -3.12. The summed E-state index contributed by atoms with van der Waals surface area (Å²) in [4.78, 5) is 44.6. The summed E-state index contributed by atoms with van der Waals surface area (Å²) in [6.45, 7) is 1.46. The number of amides is 1. The molecule has 1 saturated heterocycles. The molecule has 4 aromatic rings. The SMILES string of the molecule is C[C@H](Cn1c(=O)c2c(nc(-c3ccccc3Cl)n2-c2ccc(Cl)cc2)n(CC2CCS(=O)(=O)CC2)c1=O)C(N)=O. The first kappa shape index (κ1) is 28.1. The molecule has 0 bridgehead atoms. The van der Waals surface area contributed by atoms with Gasteiger partial charge in [0.15, 0.2) is 11.2 Å². The molecule has 0 unspecified atom stereocenters. The van der Waals surface area contributed by atoms with Gasteiger partial charge in [0, 0.05) is 29.4 Å². The molecule has 1 aliphatic heterocycles. The Morgan fingerprint density at radius 1 is 1.05 bits per heavy atom. The van der Waals surface area contributed by atoms with Crippen LogP contribution >= 0.6 is 23.2 Å². The molecule has 40 heavy (non-hydrogen) atoms. The Labute approximate surface area is 239 Å². The number of carbonyl (C=O) groups is 1. The maximum atomic E-state index is 14.0. The van der Waals surface area contributed by atoms with Crippen LogP contribution in [0.4, 0.5) is 0 Å². The molecule has 0 saturated carbocycles. The van der Waals surface area contributed by atoms with E-state index in [0.717, 1.165) is 4.57 Å². The van der Waals surface area contributed by atoms with Gasteiger partial charge in [-0.05, 0) is 55.2 Å². The summed E-state index contributed by atoms with van der Waals surface area (Å²) in [6, 6.07) is 13.8. The fourth-order valence-electron chi connectivity index (χ4n) is 4.97. The number of nitrogens with zero attached hydrogens (tertiary/aromatic N) is 4. The monoisotopic (exact) mass is 603 g/mol. The van der Waals surface area contributed by atoms with Crippen molar-refractivity contribution in [3.05, 3.63) is 79.4 Å². The number of halogens is 2. The van der Waals surface area contributed by atoms with E-state index in [4.69, 9.17) is 33.9 Å². The molecule has 0 spiro atoms. The summed E-state index contributed by atoms with van der Waals surface area (Å²) in [5.41, 5.74) is 5.52. The predicted octanol–water partition coefficient (Wildman–Crippen LogP) is 3.27. The Morgan fingerprint density at radius 2 is 1.70 bits per heavy atom. The van der Waals surface area contributed by atoms with E-state index in [2.05, 4.69) is 0 Å². The smallest absolute Gasteiger partial charge is 0.332 e. The van der Waals surface area contributed by atoms with Gasteiger partial charge in [-0.25, -0.2) is 18.2 Å². The van der Waals surface area contributed by atoms with Gasteiger partial charge < -0.3 is 5.73 Å². The molecular formula is C27H27Cl2N5O5S. The van der Waals surface area contributed by atoms with Gasteiger partial charge in [-0.1, -0.05) is 42.3 Å². The van der Waals surface area contributed by atoms with Crippen LogP contribution in [0.25, 0.3) is 28.2 Å². The third-order valence-corrected chi connectivity index (χ3v) is 9.58. The van der Waals surface area contributed by atoms with Crippen LogP contribution in [0, 0.1) is 11.8 Å². The number of aromatic nitrogens is 4. The van der Waals surface area contributed by atoms with Crippen LogP contribution in [-0.2, 0) is 27.7 Å². The molecule has 10 nitrogen and oxygen atoms in total. The average molecular weight is 605 g/mol. The van der Waals surface area contributed by atoms with Gasteiger partial charge in [0.05, 0.1) is 22.4 Å². The van der Waals surface area contributed by atoms with Crippen molar-refractivity contribution in [3.8, 4) is 17.1 Å². The van der Waals surface area contributed by atoms with Gasteiger partial charge in [-0.15, -0.1) is 0 Å². The number of sulfone groups is 1. The molecule has 1 amide bonds. The highest BCUT2D eigenvalue weighted by Gasteiger charge is 2.29. The van der Waals surface area contributed by atoms with Crippen LogP contribution < -0.4 is 17.0 Å². The Kier molecular flexibility index (Phi) is 7.64. The van der Waals surface area contributed by atoms with Crippen molar-refractivity contribution >= 4 is 50.1 Å². The van der Waals surface area contributed by atoms with Gasteiger partial charge in [0.2, 0.25) is 5.91 Å². The Bertz CT molecular complexity index is 1830. The first-order valence-corrected chi connectivity index (χ1v) is 15.3. The van der Waals surface area contributed by atoms with Gasteiger partial charge in [0.25, 0.3) is 5.56 Å². The largest absolute Gasteiger partial charge is 0.369 e. The number of nitrogens with two attached hydrogens (primary N) is 1. The molecule has 210 valence electrons. The van der Waals surface area contributed by atoms with Crippen molar-refractivity contribution in [2.45, 2.75) is 32.9 Å². The van der Waals surface area contributed by atoms with Crippen molar-refractivity contribution in [2.24, 2.45) is 17.6 Å². The number of carbonyl (C=O) groups excluding carboxylic acids is 1. The average Bonchev–Trinajstić information content (AvgIpc) is 3.30. The molecule has 3 heterocycles. The highest BCUT2D eigenvalue weighted by Crippen LogP contribution is 2.32. The molecule has 2 N–H and O–H groups in total. The zero-order valence-corrected chi connectivity index (χ0v) is 23.9. The molecule has 0 aliphatic carbocycles. The van der Waals surface area contributed by atoms with Crippen molar-refractivity contribution < 1.29 is 13.2 Å². The predicted molar refractivity (Wildman–Crippen MR) is 155 cm³/mol. The first-order chi connectivity index (χ1) is 19.0. The Balaban J connectivity index is 1.83. The topological polar surface area (TPSA) is 139 Å². The summed E-state index contributed by atoms with van der Waals surface area (Å²) < 4.78 is 28.1. The van der Waals surface area contributed by atoms with E-state index in [-0.39, 0.29) is 41.7 Å². The second kappa shape index (κ2) is 10.9. The number of imidazole rings is 1. The van der Waals surface area contributed by atoms with E-state index < -0.39 is 32.9 Å². The number of hydrogen-bond acceptors (Lipinski definition) is 6. The summed E-state index contributed by atoms with van der Waals surface area (Å²) in [5, 5.41) is 0.881. The molecule has 2 aromatic heterocycles. The summed E-state index contributed by atoms with van der Waals surface area (Å²) in [6.07, 6.45) is 0.755. The number of rotatable bonds is 7. The molecular weight excluding hydrogens is 577 g/mol. The van der Waals surface area contributed by atoms with Crippen LogP contribution in [0.2, 0.25) is 10.0 Å². The van der Waals surface area contributed by atoms with E-state index in [1.165, 1.54) is 4.57 Å². The number of fused-ring (bicyclic) bond motifs is 1. The van der Waals surface area contributed by atoms with E-state index in [9.17, 15) is 22.8 Å². The summed E-state index contributed by atoms with van der Waals surface area (Å²) in [5.74, 6) is -1.20. The Morgan fingerprint density at radius 3 is 2.33 bits per heavy atom. The second-order valence-corrected chi connectivity index (χ2v) is 13.3. The van der Waals surface area contributed by atoms with E-state index in [0.29, 0.717) is 40.0 Å². The van der Waals surface area contributed by atoms with Crippen LogP contribution in [0.5, 0.6) is 0 Å². The lowest BCUT2D eigenvalue weighted by atomic mass is 10.0. The van der Waals surface area contributed by atoms with E-state index >= 15 is 0 Å². The standard InChI is InChI=1S/C27H27Cl2N5O5S/c1-16(23(30)35)14-33-26(36)22-25(32(27(33)37)15-17-10-12-40(38,39)13-11-17)31-24(20-4-2-3-5-21(20)29)34(22)19-8-6-18(28)7-9-19/h2-9,16-17H,10-15H2,1H3,(H2,30,35)/t16-/m1/s1. The zero-order chi connectivity index (χ0) is 28.8. The van der Waals surface area contributed by atoms with Gasteiger partial charge >= 0.3 is 5.69 Å². The van der Waals surface area contributed by atoms with E-state index in [1.54, 1.807) is 60.0 Å². The molecule has 2 aromatic carbocycles. The molecule has 1 atom stereocenters. The lowest BCUT2D eigenvalue weighted by Gasteiger charge is -2.23. The van der Waals surface area contributed by atoms with Gasteiger partial charge in [0.1, 0.15) is 15.7 Å². The fourth-order valence-corrected chi connectivity index (χ4v) is 6.91. The van der Waals surface area contributed by atoms with Crippen LogP contribution in [-0.4, -0.2) is 44.5 Å². The maximum absolute atomic E-state index is 14.0. The van der Waals surface area contributed by atoms with Crippen molar-refractivity contribution in [2.75, 3.05) is 11.5 Å². The van der Waals surface area contributed by atoms with Crippen LogP contribution in [0.1, 0.15) is 19.8 Å². The zero-order valence-electron chi connectivity index (χ0n) is 21.6. The number of benzene rings is 2. The van der Waals surface area contributed by atoms with Crippen LogP contribution in [0.15, 0.2) is 58.1 Å². The Hall–Kier alpha value is -3.41.